The number of aromatic nitrogens is 5. The number of ether oxygens (including phenoxy) is 2. The van der Waals surface area contributed by atoms with Crippen LogP contribution in [0.2, 0.25) is 10.0 Å². The van der Waals surface area contributed by atoms with E-state index in [9.17, 15) is 9.90 Å². The van der Waals surface area contributed by atoms with Gasteiger partial charge in [0, 0.05) is 58.5 Å². The number of aromatic carboxylic acids is 1. The predicted molar refractivity (Wildman–Crippen MR) is 223 cm³/mol. The van der Waals surface area contributed by atoms with E-state index in [-0.39, 0.29) is 17.6 Å². The number of methoxy groups -OCH3 is 1. The van der Waals surface area contributed by atoms with E-state index >= 15 is 4.79 Å². The number of anilines is 1. The van der Waals surface area contributed by atoms with Crippen LogP contribution in [0, 0.1) is 27.7 Å². The Labute approximate surface area is 339 Å². The molecule has 0 fully saturated rings. The lowest BCUT2D eigenvalue weighted by Gasteiger charge is -2.35. The number of rotatable bonds is 11. The Morgan fingerprint density at radius 3 is 2.46 bits per heavy atom. The standard InChI is InChI=1S/C44H42Cl2N6O5/c1-22-18-27(19-23(2)38(22)46)57-17-9-10-28-29-12-14-32(45)37(36-25(4)49-50-26(36)5)40(29)52-24(3)21-51(43(53)41(28)52)35-15-13-30(31-20-34(44(54)55)48-39(31)35)42(56-6)33-11-7-8-16-47-33/h7-8,11-16,18-20,24,42,48H,9-10,17,21H2,1-6H3,(H,49,50)(H,54,55)/t24-,42-/m1/s1. The Balaban J connectivity index is 1.26. The first-order valence-corrected chi connectivity index (χ1v) is 19.6. The maximum Gasteiger partial charge on any atom is 0.352 e. The Morgan fingerprint density at radius 1 is 1.02 bits per heavy atom. The highest BCUT2D eigenvalue weighted by molar-refractivity contribution is 6.35. The number of carboxylic acids is 1. The van der Waals surface area contributed by atoms with Gasteiger partial charge in [-0.3, -0.25) is 14.9 Å². The van der Waals surface area contributed by atoms with Crippen LogP contribution in [0.1, 0.15) is 85.8 Å². The Hall–Kier alpha value is -5.62. The molecule has 0 saturated heterocycles. The van der Waals surface area contributed by atoms with Gasteiger partial charge in [0.2, 0.25) is 0 Å². The largest absolute Gasteiger partial charge is 0.494 e. The van der Waals surface area contributed by atoms with Crippen molar-refractivity contribution in [2.75, 3.05) is 25.2 Å². The van der Waals surface area contributed by atoms with Gasteiger partial charge in [0.25, 0.3) is 5.91 Å². The molecule has 4 aromatic heterocycles. The molecule has 7 aromatic rings. The summed E-state index contributed by atoms with van der Waals surface area (Å²) in [4.78, 5) is 37.0. The van der Waals surface area contributed by atoms with Crippen LogP contribution >= 0.6 is 23.2 Å². The number of hydrogen-bond donors (Lipinski definition) is 3. The van der Waals surface area contributed by atoms with Crippen molar-refractivity contribution < 1.29 is 24.2 Å². The molecule has 0 unspecified atom stereocenters. The van der Waals surface area contributed by atoms with Gasteiger partial charge in [-0.05, 0) is 112 Å². The van der Waals surface area contributed by atoms with E-state index in [0.717, 1.165) is 66.4 Å². The van der Waals surface area contributed by atoms with E-state index in [1.807, 2.05) is 82.3 Å². The number of halogens is 2. The molecule has 0 bridgehead atoms. The number of carboxylic acid groups (broad SMARTS) is 1. The summed E-state index contributed by atoms with van der Waals surface area (Å²) < 4.78 is 14.3. The van der Waals surface area contributed by atoms with Gasteiger partial charge in [0.05, 0.1) is 39.7 Å². The van der Waals surface area contributed by atoms with Gasteiger partial charge in [-0.25, -0.2) is 4.79 Å². The van der Waals surface area contributed by atoms with Crippen molar-refractivity contribution in [3.8, 4) is 16.9 Å². The highest BCUT2D eigenvalue weighted by Gasteiger charge is 2.38. The van der Waals surface area contributed by atoms with Crippen LogP contribution < -0.4 is 9.64 Å². The first kappa shape index (κ1) is 38.3. The number of carbonyl (C=O) groups is 2. The third-order valence-electron chi connectivity index (χ3n) is 11.0. The topological polar surface area (TPSA) is 138 Å². The molecule has 11 nitrogen and oxygen atoms in total. The lowest BCUT2D eigenvalue weighted by atomic mass is 9.98. The van der Waals surface area contributed by atoms with Gasteiger partial charge >= 0.3 is 5.97 Å². The Morgan fingerprint density at radius 2 is 1.79 bits per heavy atom. The molecule has 8 rings (SSSR count). The van der Waals surface area contributed by atoms with Crippen LogP contribution in [-0.4, -0.2) is 62.0 Å². The number of nitrogens with zero attached hydrogens (tertiary/aromatic N) is 4. The number of benzene rings is 3. The normalized spacial score (nSPS) is 14.8. The number of aryl methyl sites for hydroxylation is 5. The number of H-pyrrole nitrogens is 2. The minimum atomic E-state index is -1.11. The predicted octanol–water partition coefficient (Wildman–Crippen LogP) is 10.1. The maximum absolute atomic E-state index is 15.3. The van der Waals surface area contributed by atoms with Crippen molar-refractivity contribution in [1.82, 2.24) is 24.7 Å². The second-order valence-corrected chi connectivity index (χ2v) is 15.5. The summed E-state index contributed by atoms with van der Waals surface area (Å²) >= 11 is 13.5. The highest BCUT2D eigenvalue weighted by atomic mass is 35.5. The number of hydrogen-bond acceptors (Lipinski definition) is 6. The second-order valence-electron chi connectivity index (χ2n) is 14.7. The molecule has 0 radical (unpaired) electrons. The molecule has 2 atom stereocenters. The van der Waals surface area contributed by atoms with E-state index in [4.69, 9.17) is 32.7 Å². The Bertz CT molecular complexity index is 2670. The summed E-state index contributed by atoms with van der Waals surface area (Å²) in [6, 6.07) is 18.5. The van der Waals surface area contributed by atoms with Gasteiger partial charge in [0.15, 0.2) is 0 Å². The molecule has 0 spiro atoms. The molecule has 1 aliphatic rings. The molecule has 3 N–H and O–H groups in total. The average molecular weight is 806 g/mol. The minimum Gasteiger partial charge on any atom is -0.494 e. The number of nitrogens with one attached hydrogen (secondary N) is 2. The molecule has 1 amide bonds. The quantitative estimate of drug-likeness (QED) is 0.111. The molecule has 3 aromatic carbocycles. The van der Waals surface area contributed by atoms with Crippen molar-refractivity contribution in [1.29, 1.82) is 0 Å². The van der Waals surface area contributed by atoms with E-state index < -0.39 is 12.1 Å². The first-order valence-electron chi connectivity index (χ1n) is 18.8. The van der Waals surface area contributed by atoms with Crippen LogP contribution in [0.4, 0.5) is 5.69 Å². The molecule has 292 valence electrons. The number of amides is 1. The van der Waals surface area contributed by atoms with Crippen LogP contribution in [0.25, 0.3) is 32.9 Å². The molecule has 5 heterocycles. The number of fused-ring (bicyclic) bond motifs is 4. The van der Waals surface area contributed by atoms with Crippen molar-refractivity contribution in [3.05, 3.63) is 128 Å². The zero-order valence-electron chi connectivity index (χ0n) is 32.5. The first-order chi connectivity index (χ1) is 27.4. The lowest BCUT2D eigenvalue weighted by molar-refractivity contribution is 0.0691. The van der Waals surface area contributed by atoms with Crippen molar-refractivity contribution >= 4 is 62.6 Å². The molecule has 0 aliphatic carbocycles. The zero-order chi connectivity index (χ0) is 40.3. The monoisotopic (exact) mass is 804 g/mol. The number of carbonyl (C=O) groups excluding carboxylic acids is 1. The van der Waals surface area contributed by atoms with Gasteiger partial charge in [-0.1, -0.05) is 41.4 Å². The van der Waals surface area contributed by atoms with Gasteiger partial charge < -0.3 is 29.0 Å². The summed E-state index contributed by atoms with van der Waals surface area (Å²) in [5, 5.41) is 20.6. The van der Waals surface area contributed by atoms with Crippen molar-refractivity contribution in [2.45, 2.75) is 59.6 Å². The fraction of sp³-hybridized carbons (Fsp3) is 0.273. The molecule has 13 heteroatoms. The van der Waals surface area contributed by atoms with Crippen molar-refractivity contribution in [2.24, 2.45) is 0 Å². The van der Waals surface area contributed by atoms with Gasteiger partial charge in [-0.15, -0.1) is 0 Å². The van der Waals surface area contributed by atoms with Crippen LogP contribution in [0.3, 0.4) is 0 Å². The number of aromatic amines is 2. The van der Waals surface area contributed by atoms with Gasteiger partial charge in [-0.2, -0.15) is 5.10 Å². The summed E-state index contributed by atoms with van der Waals surface area (Å²) in [6.07, 6.45) is 2.28. The smallest absolute Gasteiger partial charge is 0.352 e. The average Bonchev–Trinajstić information content (AvgIpc) is 3.89. The maximum atomic E-state index is 15.3. The van der Waals surface area contributed by atoms with E-state index in [2.05, 4.69) is 31.7 Å². The highest BCUT2D eigenvalue weighted by Crippen LogP contribution is 2.46. The fourth-order valence-corrected chi connectivity index (χ4v) is 8.81. The lowest BCUT2D eigenvalue weighted by Crippen LogP contribution is -2.42. The van der Waals surface area contributed by atoms with Crippen LogP contribution in [0.5, 0.6) is 5.75 Å². The van der Waals surface area contributed by atoms with E-state index in [1.54, 1.807) is 24.3 Å². The molecule has 57 heavy (non-hydrogen) atoms. The zero-order valence-corrected chi connectivity index (χ0v) is 34.0. The number of pyridine rings is 1. The minimum absolute atomic E-state index is 0.00177. The molecule has 0 saturated carbocycles. The molecule has 1 aliphatic heterocycles. The van der Waals surface area contributed by atoms with Crippen LogP contribution in [0.15, 0.2) is 66.9 Å². The fourth-order valence-electron chi connectivity index (χ4n) is 8.45. The SMILES string of the molecule is CO[C@@H](c1ccccn1)c1ccc(N2C[C@@H](C)n3c(c(CCCOc4cc(C)c(Cl)c(C)c4)c4ccc(Cl)c(-c5c(C)n[nH]c5C)c43)C2=O)c2[nH]c(C(=O)O)cc12. The van der Waals surface area contributed by atoms with Gasteiger partial charge in [0.1, 0.15) is 23.2 Å². The summed E-state index contributed by atoms with van der Waals surface area (Å²) in [5.74, 6) is -0.580. The molecular formula is C44H42Cl2N6O5. The Kier molecular flexibility index (Phi) is 10.1. The molecular weight excluding hydrogens is 763 g/mol. The third-order valence-corrected chi connectivity index (χ3v) is 11.9. The van der Waals surface area contributed by atoms with Crippen molar-refractivity contribution in [3.63, 3.8) is 0 Å². The van der Waals surface area contributed by atoms with E-state index in [1.165, 1.54) is 0 Å². The van der Waals surface area contributed by atoms with E-state index in [0.29, 0.717) is 59.0 Å². The summed E-state index contributed by atoms with van der Waals surface area (Å²) in [5.41, 5.74) is 10.1. The summed E-state index contributed by atoms with van der Waals surface area (Å²) in [7, 11) is 1.59. The summed E-state index contributed by atoms with van der Waals surface area (Å²) in [6.45, 7) is 10.6. The third kappa shape index (κ3) is 6.53. The van der Waals surface area contributed by atoms with Crippen LogP contribution in [-0.2, 0) is 11.2 Å². The second kappa shape index (κ2) is 15.0.